The molecule has 0 aliphatic rings. The SMILES string of the molecule is CC(O/N=[N+](\[O-])N(C)CCCCCO)OC(=O)OC(C)(C)C. The van der Waals surface area contributed by atoms with Gasteiger partial charge in [-0.25, -0.2) is 4.79 Å². The van der Waals surface area contributed by atoms with Gasteiger partial charge in [-0.3, -0.25) is 4.84 Å². The van der Waals surface area contributed by atoms with Crippen molar-refractivity contribution in [1.82, 2.24) is 5.01 Å². The van der Waals surface area contributed by atoms with E-state index in [0.717, 1.165) is 12.8 Å². The van der Waals surface area contributed by atoms with Crippen LogP contribution in [0.2, 0.25) is 0 Å². The van der Waals surface area contributed by atoms with Crippen molar-refractivity contribution in [2.24, 2.45) is 5.28 Å². The zero-order chi connectivity index (χ0) is 17.2. The molecule has 1 N–H and O–H groups in total. The largest absolute Gasteiger partial charge is 0.569 e. The third kappa shape index (κ3) is 11.0. The Hall–Kier alpha value is -1.77. The summed E-state index contributed by atoms with van der Waals surface area (Å²) < 4.78 is 9.71. The summed E-state index contributed by atoms with van der Waals surface area (Å²) in [5.41, 5.74) is -0.673. The fourth-order valence-electron chi connectivity index (χ4n) is 1.31. The van der Waals surface area contributed by atoms with Crippen LogP contribution in [0.3, 0.4) is 0 Å². The highest BCUT2D eigenvalue weighted by Gasteiger charge is 2.20. The first-order chi connectivity index (χ1) is 10.2. The van der Waals surface area contributed by atoms with E-state index in [1.54, 1.807) is 27.8 Å². The van der Waals surface area contributed by atoms with Crippen LogP contribution in [0.5, 0.6) is 0 Å². The summed E-state index contributed by atoms with van der Waals surface area (Å²) in [5, 5.41) is 24.8. The second kappa shape index (κ2) is 10.0. The van der Waals surface area contributed by atoms with Crippen LogP contribution < -0.4 is 0 Å². The number of hydrogen-bond acceptors (Lipinski definition) is 7. The van der Waals surface area contributed by atoms with Gasteiger partial charge >= 0.3 is 6.16 Å². The third-order valence-electron chi connectivity index (χ3n) is 2.35. The lowest BCUT2D eigenvalue weighted by Crippen LogP contribution is -2.29. The predicted octanol–water partition coefficient (Wildman–Crippen LogP) is 2.19. The van der Waals surface area contributed by atoms with E-state index in [1.165, 1.54) is 11.9 Å². The molecule has 0 aliphatic carbocycles. The van der Waals surface area contributed by atoms with Gasteiger partial charge in [0.05, 0.1) is 18.6 Å². The van der Waals surface area contributed by atoms with E-state index in [0.29, 0.717) is 13.0 Å². The molecule has 0 saturated carbocycles. The lowest BCUT2D eigenvalue weighted by molar-refractivity contribution is -0.707. The Labute approximate surface area is 131 Å². The van der Waals surface area contributed by atoms with E-state index in [2.05, 4.69) is 5.28 Å². The van der Waals surface area contributed by atoms with Gasteiger partial charge in [0.2, 0.25) is 5.28 Å². The van der Waals surface area contributed by atoms with Crippen molar-refractivity contribution in [2.45, 2.75) is 58.8 Å². The second-order valence-electron chi connectivity index (χ2n) is 5.76. The van der Waals surface area contributed by atoms with Crippen LogP contribution in [0, 0.1) is 5.21 Å². The van der Waals surface area contributed by atoms with E-state index in [1.807, 2.05) is 0 Å². The molecule has 0 aliphatic heterocycles. The van der Waals surface area contributed by atoms with Crippen LogP contribution in [-0.2, 0) is 14.3 Å². The van der Waals surface area contributed by atoms with Crippen molar-refractivity contribution in [3.8, 4) is 0 Å². The highest BCUT2D eigenvalue weighted by Crippen LogP contribution is 2.09. The molecule has 0 amide bonds. The maximum atomic E-state index is 11.6. The number of hydrazine groups is 1. The van der Waals surface area contributed by atoms with Gasteiger partial charge < -0.3 is 19.8 Å². The number of ether oxygens (including phenoxy) is 2. The van der Waals surface area contributed by atoms with Crippen molar-refractivity contribution in [3.63, 3.8) is 0 Å². The average Bonchev–Trinajstić information content (AvgIpc) is 2.38. The molecule has 0 aromatic rings. The van der Waals surface area contributed by atoms with E-state index in [-0.39, 0.29) is 11.6 Å². The number of unbranched alkanes of at least 4 members (excludes halogenated alkanes) is 2. The topological polar surface area (TPSA) is 107 Å². The van der Waals surface area contributed by atoms with Gasteiger partial charge in [-0.05, 0) is 40.0 Å². The van der Waals surface area contributed by atoms with E-state index in [4.69, 9.17) is 19.4 Å². The Balaban J connectivity index is 4.08. The van der Waals surface area contributed by atoms with Crippen LogP contribution in [0.25, 0.3) is 0 Å². The Kier molecular flexibility index (Phi) is 9.23. The molecule has 0 radical (unpaired) electrons. The molecule has 0 aromatic heterocycles. The maximum absolute atomic E-state index is 11.6. The summed E-state index contributed by atoms with van der Waals surface area (Å²) in [5.74, 6) is 0. The molecular formula is C13H27N3O6. The molecule has 1 unspecified atom stereocenters. The standard InChI is InChI=1S/C13H27N3O6/c1-11(20-12(18)21-13(2,3)4)22-14-16(19)15(5)9-7-6-8-10-17/h11,17H,6-10H2,1-5H3/b16-14-. The minimum Gasteiger partial charge on any atom is -0.569 e. The van der Waals surface area contributed by atoms with Gasteiger partial charge in [0.15, 0.2) is 0 Å². The third-order valence-corrected chi connectivity index (χ3v) is 2.35. The molecule has 22 heavy (non-hydrogen) atoms. The molecule has 0 fully saturated rings. The van der Waals surface area contributed by atoms with Gasteiger partial charge in [-0.2, -0.15) is 0 Å². The summed E-state index contributed by atoms with van der Waals surface area (Å²) in [6.45, 7) is 7.14. The van der Waals surface area contributed by atoms with Crippen LogP contribution in [0.1, 0.15) is 47.0 Å². The summed E-state index contributed by atoms with van der Waals surface area (Å²) in [4.78, 5) is 16.4. The molecule has 0 spiro atoms. The predicted molar refractivity (Wildman–Crippen MR) is 77.5 cm³/mol. The van der Waals surface area contributed by atoms with Crippen LogP contribution in [0.15, 0.2) is 5.28 Å². The van der Waals surface area contributed by atoms with Crippen molar-refractivity contribution in [3.05, 3.63) is 5.21 Å². The number of carbonyl (C=O) groups is 1. The summed E-state index contributed by atoms with van der Waals surface area (Å²) >= 11 is 0. The quantitative estimate of drug-likeness (QED) is 0.173. The number of aliphatic hydroxyl groups is 1. The van der Waals surface area contributed by atoms with Crippen LogP contribution in [-0.4, -0.2) is 53.3 Å². The smallest absolute Gasteiger partial charge is 0.511 e. The average molecular weight is 321 g/mol. The van der Waals surface area contributed by atoms with Gasteiger partial charge in [0.1, 0.15) is 5.60 Å². The molecular weight excluding hydrogens is 294 g/mol. The maximum Gasteiger partial charge on any atom is 0.511 e. The molecule has 1 atom stereocenters. The van der Waals surface area contributed by atoms with Crippen molar-refractivity contribution in [2.75, 3.05) is 20.2 Å². The van der Waals surface area contributed by atoms with Gasteiger partial charge in [-0.1, -0.05) is 0 Å². The fraction of sp³-hybridized carbons (Fsp3) is 0.923. The molecule has 0 rings (SSSR count). The second-order valence-corrected chi connectivity index (χ2v) is 5.76. The Morgan fingerprint density at radius 2 is 2.00 bits per heavy atom. The highest BCUT2D eigenvalue weighted by molar-refractivity contribution is 5.60. The molecule has 0 saturated heterocycles. The van der Waals surface area contributed by atoms with Crippen molar-refractivity contribution < 1.29 is 29.2 Å². The van der Waals surface area contributed by atoms with E-state index >= 15 is 0 Å². The molecule has 0 aromatic carbocycles. The number of hydrogen-bond donors (Lipinski definition) is 1. The monoisotopic (exact) mass is 321 g/mol. The van der Waals surface area contributed by atoms with Gasteiger partial charge in [0.25, 0.3) is 6.29 Å². The van der Waals surface area contributed by atoms with Crippen molar-refractivity contribution in [1.29, 1.82) is 0 Å². The van der Waals surface area contributed by atoms with Crippen molar-refractivity contribution >= 4 is 6.16 Å². The zero-order valence-electron chi connectivity index (χ0n) is 13.9. The number of aliphatic hydroxyl groups excluding tert-OH is 1. The Morgan fingerprint density at radius 1 is 1.36 bits per heavy atom. The molecule has 9 nitrogen and oxygen atoms in total. The molecule has 130 valence electrons. The zero-order valence-corrected chi connectivity index (χ0v) is 13.9. The van der Waals surface area contributed by atoms with E-state index < -0.39 is 18.0 Å². The first-order valence-corrected chi connectivity index (χ1v) is 7.21. The lowest BCUT2D eigenvalue weighted by Gasteiger charge is -2.20. The van der Waals surface area contributed by atoms with Crippen LogP contribution >= 0.6 is 0 Å². The van der Waals surface area contributed by atoms with Gasteiger partial charge in [-0.15, -0.1) is 5.01 Å². The number of rotatable bonds is 9. The minimum atomic E-state index is -1.05. The summed E-state index contributed by atoms with van der Waals surface area (Å²) in [7, 11) is 1.55. The lowest BCUT2D eigenvalue weighted by atomic mass is 10.2. The number of nitrogens with zero attached hydrogens (tertiary/aromatic N) is 3. The first kappa shape index (κ1) is 20.2. The Bertz CT molecular complexity index is 356. The molecule has 0 bridgehead atoms. The fourth-order valence-corrected chi connectivity index (χ4v) is 1.31. The van der Waals surface area contributed by atoms with E-state index in [9.17, 15) is 10.0 Å². The first-order valence-electron chi connectivity index (χ1n) is 7.21. The minimum absolute atomic E-state index is 0.137. The summed E-state index contributed by atoms with van der Waals surface area (Å²) in [6.07, 6.45) is 0.309. The highest BCUT2D eigenvalue weighted by atomic mass is 16.8. The van der Waals surface area contributed by atoms with Gasteiger partial charge in [0, 0.05) is 13.5 Å². The Morgan fingerprint density at radius 3 is 2.55 bits per heavy atom. The molecule has 0 heterocycles. The molecule has 9 heteroatoms. The number of carbonyl (C=O) groups excluding carboxylic acids is 1. The normalized spacial score (nSPS) is 13.5. The van der Waals surface area contributed by atoms with Crippen LogP contribution in [0.4, 0.5) is 4.79 Å². The summed E-state index contributed by atoms with van der Waals surface area (Å²) in [6, 6.07) is 0.